The van der Waals surface area contributed by atoms with Crippen molar-refractivity contribution in [2.75, 3.05) is 19.6 Å². The minimum Gasteiger partial charge on any atom is -0.299 e. The summed E-state index contributed by atoms with van der Waals surface area (Å²) in [5, 5.41) is 3.28. The summed E-state index contributed by atoms with van der Waals surface area (Å²) >= 11 is 0. The summed E-state index contributed by atoms with van der Waals surface area (Å²) < 4.78 is 0. The van der Waals surface area contributed by atoms with E-state index in [-0.39, 0.29) is 0 Å². The van der Waals surface area contributed by atoms with E-state index in [1.165, 1.54) is 32.4 Å². The maximum atomic E-state index is 3.28. The first kappa shape index (κ1) is 8.02. The molecule has 0 aliphatic carbocycles. The molecule has 0 aromatic rings. The van der Waals surface area contributed by atoms with Crippen molar-refractivity contribution in [2.45, 2.75) is 26.2 Å². The Kier molecular flexibility index (Phi) is 3.76. The molecule has 0 saturated carbocycles. The quantitative estimate of drug-likeness (QED) is 0.592. The van der Waals surface area contributed by atoms with Crippen LogP contribution in [0.2, 0.25) is 0 Å². The van der Waals surface area contributed by atoms with Gasteiger partial charge in [-0.05, 0) is 38.9 Å². The van der Waals surface area contributed by atoms with Gasteiger partial charge in [0.25, 0.3) is 0 Å². The molecule has 1 N–H and O–H groups in total. The van der Waals surface area contributed by atoms with Crippen LogP contribution in [0.1, 0.15) is 26.2 Å². The molecular formula is C8H17N2. The van der Waals surface area contributed by atoms with Crippen molar-refractivity contribution in [3.05, 3.63) is 6.67 Å². The van der Waals surface area contributed by atoms with E-state index in [0.717, 1.165) is 6.54 Å². The third kappa shape index (κ3) is 2.67. The number of likely N-dealkylation sites (tertiary alicyclic amines) is 1. The molecule has 0 amide bonds. The van der Waals surface area contributed by atoms with Crippen LogP contribution in [0.4, 0.5) is 0 Å². The molecule has 0 spiro atoms. The van der Waals surface area contributed by atoms with Gasteiger partial charge in [0, 0.05) is 0 Å². The third-order valence-corrected chi connectivity index (χ3v) is 1.81. The molecule has 1 aliphatic rings. The van der Waals surface area contributed by atoms with E-state index < -0.39 is 0 Å². The first-order valence-corrected chi connectivity index (χ1v) is 4.24. The van der Waals surface area contributed by atoms with Crippen molar-refractivity contribution in [1.29, 1.82) is 0 Å². The SMILES string of the molecule is CCCN[CH]N1CCCC1. The van der Waals surface area contributed by atoms with E-state index in [4.69, 9.17) is 0 Å². The third-order valence-electron chi connectivity index (χ3n) is 1.81. The van der Waals surface area contributed by atoms with Crippen LogP contribution >= 0.6 is 0 Å². The molecule has 1 rings (SSSR count). The van der Waals surface area contributed by atoms with Gasteiger partial charge in [-0.3, -0.25) is 10.2 Å². The summed E-state index contributed by atoms with van der Waals surface area (Å²) in [6.45, 7) is 7.92. The van der Waals surface area contributed by atoms with Gasteiger partial charge in [0.05, 0.1) is 6.67 Å². The molecule has 0 aromatic carbocycles. The lowest BCUT2D eigenvalue weighted by Crippen LogP contribution is -2.26. The lowest BCUT2D eigenvalue weighted by atomic mass is 10.4. The van der Waals surface area contributed by atoms with E-state index in [9.17, 15) is 0 Å². The average molecular weight is 141 g/mol. The van der Waals surface area contributed by atoms with Gasteiger partial charge in [-0.15, -0.1) is 0 Å². The Morgan fingerprint density at radius 3 is 2.70 bits per heavy atom. The summed E-state index contributed by atoms with van der Waals surface area (Å²) in [6.07, 6.45) is 3.94. The Balaban J connectivity index is 1.91. The second-order valence-corrected chi connectivity index (χ2v) is 2.83. The molecule has 2 heteroatoms. The van der Waals surface area contributed by atoms with E-state index >= 15 is 0 Å². The zero-order valence-corrected chi connectivity index (χ0v) is 6.77. The molecule has 1 saturated heterocycles. The summed E-state index contributed by atoms with van der Waals surface area (Å²) in [5.74, 6) is 0. The van der Waals surface area contributed by atoms with Crippen molar-refractivity contribution in [2.24, 2.45) is 0 Å². The molecule has 1 heterocycles. The van der Waals surface area contributed by atoms with Crippen molar-refractivity contribution in [1.82, 2.24) is 10.2 Å². The zero-order chi connectivity index (χ0) is 7.23. The molecule has 0 bridgehead atoms. The molecule has 2 nitrogen and oxygen atoms in total. The molecule has 1 radical (unpaired) electrons. The Bertz CT molecular complexity index is 77.3. The number of hydrogen-bond donors (Lipinski definition) is 1. The van der Waals surface area contributed by atoms with Gasteiger partial charge in [0.1, 0.15) is 0 Å². The fourth-order valence-electron chi connectivity index (χ4n) is 1.21. The molecule has 0 aromatic heterocycles. The zero-order valence-electron chi connectivity index (χ0n) is 6.77. The van der Waals surface area contributed by atoms with E-state index in [1.807, 2.05) is 0 Å². The topological polar surface area (TPSA) is 15.3 Å². The highest BCUT2D eigenvalue weighted by Crippen LogP contribution is 2.06. The van der Waals surface area contributed by atoms with Crippen LogP contribution < -0.4 is 5.32 Å². The highest BCUT2D eigenvalue weighted by Gasteiger charge is 2.09. The number of rotatable bonds is 4. The first-order chi connectivity index (χ1) is 4.93. The maximum absolute atomic E-state index is 3.28. The van der Waals surface area contributed by atoms with Gasteiger partial charge in [0.2, 0.25) is 0 Å². The highest BCUT2D eigenvalue weighted by molar-refractivity contribution is 4.71. The molecule has 0 atom stereocenters. The second-order valence-electron chi connectivity index (χ2n) is 2.83. The normalized spacial score (nSPS) is 20.1. The fourth-order valence-corrected chi connectivity index (χ4v) is 1.21. The van der Waals surface area contributed by atoms with Gasteiger partial charge < -0.3 is 0 Å². The summed E-state index contributed by atoms with van der Waals surface area (Å²) in [6, 6.07) is 0. The maximum Gasteiger partial charge on any atom is 0.0893 e. The summed E-state index contributed by atoms with van der Waals surface area (Å²) in [7, 11) is 0. The van der Waals surface area contributed by atoms with Gasteiger partial charge in [-0.2, -0.15) is 0 Å². The monoisotopic (exact) mass is 141 g/mol. The lowest BCUT2D eigenvalue weighted by molar-refractivity contribution is 0.379. The van der Waals surface area contributed by atoms with E-state index in [1.54, 1.807) is 0 Å². The Labute approximate surface area is 63.6 Å². The molecule has 59 valence electrons. The van der Waals surface area contributed by atoms with Crippen LogP contribution in [0.25, 0.3) is 0 Å². The molecular weight excluding hydrogens is 124 g/mol. The van der Waals surface area contributed by atoms with Crippen molar-refractivity contribution < 1.29 is 0 Å². The van der Waals surface area contributed by atoms with Crippen molar-refractivity contribution in [3.63, 3.8) is 0 Å². The van der Waals surface area contributed by atoms with Gasteiger partial charge in [-0.25, -0.2) is 0 Å². The van der Waals surface area contributed by atoms with Crippen LogP contribution in [0.5, 0.6) is 0 Å². The predicted molar refractivity (Wildman–Crippen MR) is 43.4 cm³/mol. The first-order valence-electron chi connectivity index (χ1n) is 4.24. The van der Waals surface area contributed by atoms with E-state index in [2.05, 4.69) is 23.8 Å². The fraction of sp³-hybridized carbons (Fsp3) is 0.875. The lowest BCUT2D eigenvalue weighted by Gasteiger charge is -2.13. The minimum atomic E-state index is 1.11. The van der Waals surface area contributed by atoms with E-state index in [0.29, 0.717) is 0 Å². The summed E-state index contributed by atoms with van der Waals surface area (Å²) in [4.78, 5) is 2.36. The standard InChI is InChI=1S/C8H17N2/c1-2-5-9-8-10-6-3-4-7-10/h8-9H,2-7H2,1H3. The number of nitrogens with one attached hydrogen (secondary N) is 1. The van der Waals surface area contributed by atoms with Crippen LogP contribution in [0, 0.1) is 6.67 Å². The average Bonchev–Trinajstić information content (AvgIpc) is 2.41. The molecule has 10 heavy (non-hydrogen) atoms. The molecule has 1 aliphatic heterocycles. The second kappa shape index (κ2) is 4.69. The van der Waals surface area contributed by atoms with Gasteiger partial charge >= 0.3 is 0 Å². The van der Waals surface area contributed by atoms with Gasteiger partial charge in [-0.1, -0.05) is 6.92 Å². The minimum absolute atomic E-state index is 1.11. The van der Waals surface area contributed by atoms with Crippen LogP contribution in [0.3, 0.4) is 0 Å². The van der Waals surface area contributed by atoms with Crippen LogP contribution in [-0.2, 0) is 0 Å². The van der Waals surface area contributed by atoms with Crippen LogP contribution in [0.15, 0.2) is 0 Å². The predicted octanol–water partition coefficient (Wildman–Crippen LogP) is 1.20. The Morgan fingerprint density at radius 2 is 2.10 bits per heavy atom. The Hall–Kier alpha value is -0.0800. The Morgan fingerprint density at radius 1 is 1.40 bits per heavy atom. The number of nitrogens with zero attached hydrogens (tertiary/aromatic N) is 1. The largest absolute Gasteiger partial charge is 0.299 e. The van der Waals surface area contributed by atoms with Crippen molar-refractivity contribution in [3.8, 4) is 0 Å². The van der Waals surface area contributed by atoms with Crippen LogP contribution in [-0.4, -0.2) is 24.5 Å². The molecule has 0 unspecified atom stereocenters. The smallest absolute Gasteiger partial charge is 0.0893 e. The molecule has 1 fully saturated rings. The van der Waals surface area contributed by atoms with Gasteiger partial charge in [0.15, 0.2) is 0 Å². The summed E-state index contributed by atoms with van der Waals surface area (Å²) in [5.41, 5.74) is 0. The number of hydrogen-bond acceptors (Lipinski definition) is 2. The van der Waals surface area contributed by atoms with Crippen molar-refractivity contribution >= 4 is 0 Å². The highest BCUT2D eigenvalue weighted by atomic mass is 15.2.